The summed E-state index contributed by atoms with van der Waals surface area (Å²) in [4.78, 5) is 48.7. The zero-order valence-electron chi connectivity index (χ0n) is 12.2. The topological polar surface area (TPSA) is 110 Å². The van der Waals surface area contributed by atoms with E-state index < -0.39 is 42.5 Å². The second kappa shape index (κ2) is 4.16. The Balaban J connectivity index is 2.09. The summed E-state index contributed by atoms with van der Waals surface area (Å²) in [6.45, 7) is 0. The fourth-order valence-electron chi connectivity index (χ4n) is 2.30. The van der Waals surface area contributed by atoms with Crippen LogP contribution in [0.1, 0.15) is 36.3 Å². The van der Waals surface area contributed by atoms with Gasteiger partial charge in [-0.2, -0.15) is 0 Å². The number of nitrogens with two attached hydrogens (primary N) is 1. The van der Waals surface area contributed by atoms with Crippen LogP contribution in [0.4, 0.5) is 5.69 Å². The van der Waals surface area contributed by atoms with E-state index in [0.29, 0.717) is 4.90 Å². The van der Waals surface area contributed by atoms with Gasteiger partial charge in [-0.05, 0) is 18.5 Å². The monoisotopic (exact) mass is 275 g/mol. The first-order valence-corrected chi connectivity index (χ1v) is 5.84. The molecule has 0 aliphatic carbocycles. The molecule has 2 heterocycles. The summed E-state index contributed by atoms with van der Waals surface area (Å²) in [5.74, 6) is -3.45. The lowest BCUT2D eigenvalue weighted by Crippen LogP contribution is -2.54. The minimum Gasteiger partial charge on any atom is -0.398 e. The Kier molecular flexibility index (Phi) is 2.11. The molecular formula is C13H11N3O4. The van der Waals surface area contributed by atoms with Gasteiger partial charge in [0.2, 0.25) is 11.8 Å². The highest BCUT2D eigenvalue weighted by atomic mass is 16.2. The molecule has 0 spiro atoms. The van der Waals surface area contributed by atoms with E-state index in [9.17, 15) is 19.2 Å². The number of fused-ring (bicyclic) bond motifs is 1. The van der Waals surface area contributed by atoms with Gasteiger partial charge in [-0.25, -0.2) is 0 Å². The Bertz CT molecular complexity index is 747. The highest BCUT2D eigenvalue weighted by Gasteiger charge is 2.45. The lowest BCUT2D eigenvalue weighted by Gasteiger charge is -2.27. The van der Waals surface area contributed by atoms with Crippen molar-refractivity contribution in [2.24, 2.45) is 0 Å². The molecule has 0 saturated carbocycles. The Morgan fingerprint density at radius 1 is 1.25 bits per heavy atom. The molecule has 1 aromatic carbocycles. The zero-order chi connectivity index (χ0) is 16.2. The fourth-order valence-corrected chi connectivity index (χ4v) is 2.30. The van der Waals surface area contributed by atoms with E-state index in [1.807, 2.05) is 5.32 Å². The number of hydrogen-bond donors (Lipinski definition) is 2. The quantitative estimate of drug-likeness (QED) is 0.538. The predicted octanol–water partition coefficient (Wildman–Crippen LogP) is -0.330. The minimum absolute atomic E-state index is 0.0190. The van der Waals surface area contributed by atoms with E-state index in [1.54, 1.807) is 0 Å². The van der Waals surface area contributed by atoms with Crippen LogP contribution in [0, 0.1) is 0 Å². The number of hydrogen-bond acceptors (Lipinski definition) is 5. The number of rotatable bonds is 1. The largest absolute Gasteiger partial charge is 0.398 e. The van der Waals surface area contributed by atoms with Crippen LogP contribution < -0.4 is 11.1 Å². The van der Waals surface area contributed by atoms with Crippen molar-refractivity contribution in [1.29, 1.82) is 0 Å². The third-order valence-corrected chi connectivity index (χ3v) is 3.20. The van der Waals surface area contributed by atoms with Crippen molar-refractivity contribution in [3.05, 3.63) is 29.3 Å². The number of carbonyl (C=O) groups excluding carboxylic acids is 4. The summed E-state index contributed by atoms with van der Waals surface area (Å²) < 4.78 is 15.7. The number of nitrogens with one attached hydrogen (secondary N) is 1. The number of piperidine rings is 1. The van der Waals surface area contributed by atoms with Crippen LogP contribution in [-0.2, 0) is 9.59 Å². The molecule has 7 nitrogen and oxygen atoms in total. The first-order chi connectivity index (χ1) is 10.2. The second-order valence-electron chi connectivity index (χ2n) is 4.45. The van der Waals surface area contributed by atoms with Crippen molar-refractivity contribution in [3.8, 4) is 0 Å². The molecule has 2 aliphatic heterocycles. The molecule has 4 amide bonds. The van der Waals surface area contributed by atoms with E-state index in [0.717, 1.165) is 0 Å². The van der Waals surface area contributed by atoms with Gasteiger partial charge in [-0.15, -0.1) is 0 Å². The van der Waals surface area contributed by atoms with Crippen molar-refractivity contribution in [2.45, 2.75) is 18.8 Å². The van der Waals surface area contributed by atoms with Crippen LogP contribution >= 0.6 is 0 Å². The molecule has 0 bridgehead atoms. The van der Waals surface area contributed by atoms with Crippen molar-refractivity contribution in [3.63, 3.8) is 0 Å². The number of anilines is 1. The molecule has 1 saturated heterocycles. The average molecular weight is 275 g/mol. The maximum Gasteiger partial charge on any atom is 0.264 e. The third kappa shape index (κ3) is 1.59. The lowest BCUT2D eigenvalue weighted by molar-refractivity contribution is -0.136. The maximum absolute atomic E-state index is 12.4. The number of imide groups is 2. The molecule has 1 aromatic rings. The molecule has 102 valence electrons. The summed E-state index contributed by atoms with van der Waals surface area (Å²) in [5.41, 5.74) is 5.74. The van der Waals surface area contributed by atoms with Crippen LogP contribution in [0.5, 0.6) is 0 Å². The van der Waals surface area contributed by atoms with E-state index in [4.69, 9.17) is 8.48 Å². The highest BCUT2D eigenvalue weighted by Crippen LogP contribution is 2.30. The predicted molar refractivity (Wildman–Crippen MR) is 67.5 cm³/mol. The number of nitrogen functional groups attached to an aromatic ring is 1. The summed E-state index contributed by atoms with van der Waals surface area (Å²) in [6.07, 6.45) is -2.96. The first kappa shape index (κ1) is 10.1. The summed E-state index contributed by atoms with van der Waals surface area (Å²) >= 11 is 0. The van der Waals surface area contributed by atoms with E-state index in [2.05, 4.69) is 0 Å². The third-order valence-electron chi connectivity index (χ3n) is 3.20. The molecule has 1 fully saturated rings. The van der Waals surface area contributed by atoms with Gasteiger partial charge in [0.25, 0.3) is 11.8 Å². The van der Waals surface area contributed by atoms with Crippen molar-refractivity contribution in [1.82, 2.24) is 10.2 Å². The van der Waals surface area contributed by atoms with Crippen LogP contribution in [0.15, 0.2) is 18.2 Å². The summed E-state index contributed by atoms with van der Waals surface area (Å²) in [5, 5.41) is 1.95. The van der Waals surface area contributed by atoms with Crippen molar-refractivity contribution >= 4 is 29.3 Å². The average Bonchev–Trinajstić information content (AvgIpc) is 2.63. The molecule has 20 heavy (non-hydrogen) atoms. The van der Waals surface area contributed by atoms with E-state index >= 15 is 0 Å². The van der Waals surface area contributed by atoms with Gasteiger partial charge in [0.1, 0.15) is 6.04 Å². The lowest BCUT2D eigenvalue weighted by atomic mass is 10.0. The maximum atomic E-state index is 12.4. The van der Waals surface area contributed by atoms with Gasteiger partial charge in [0.15, 0.2) is 0 Å². The van der Waals surface area contributed by atoms with Gasteiger partial charge in [-0.3, -0.25) is 29.4 Å². The minimum atomic E-state index is -2.35. The van der Waals surface area contributed by atoms with E-state index in [1.165, 1.54) is 18.2 Å². The van der Waals surface area contributed by atoms with Crippen LogP contribution in [0.2, 0.25) is 0 Å². The fraction of sp³-hybridized carbons (Fsp3) is 0.231. The molecule has 3 rings (SSSR count). The molecular weight excluding hydrogens is 262 g/mol. The Morgan fingerprint density at radius 3 is 2.65 bits per heavy atom. The standard InChI is InChI=1S/C13H11N3O4/c14-7-3-1-2-6-10(7)13(20)16(12(6)19)8-4-5-9(17)15-11(8)18/h1-3,8H,4-5,14H2,(H,15,17,18)/i4D2. The van der Waals surface area contributed by atoms with Crippen molar-refractivity contribution < 1.29 is 21.9 Å². The Hall–Kier alpha value is -2.70. The first-order valence-electron chi connectivity index (χ1n) is 6.84. The molecule has 7 heteroatoms. The van der Waals surface area contributed by atoms with Gasteiger partial charge < -0.3 is 5.73 Å². The van der Waals surface area contributed by atoms with Crippen molar-refractivity contribution in [2.75, 3.05) is 5.73 Å². The molecule has 0 aromatic heterocycles. The van der Waals surface area contributed by atoms with E-state index in [-0.39, 0.29) is 16.8 Å². The normalized spacial score (nSPS) is 26.0. The van der Waals surface area contributed by atoms with Gasteiger partial charge in [0.05, 0.1) is 11.1 Å². The second-order valence-corrected chi connectivity index (χ2v) is 4.45. The molecule has 2 aliphatic rings. The Labute approximate surface area is 116 Å². The van der Waals surface area contributed by atoms with Crippen LogP contribution in [0.25, 0.3) is 0 Å². The number of benzene rings is 1. The molecule has 1 unspecified atom stereocenters. The van der Waals surface area contributed by atoms with Crippen LogP contribution in [0.3, 0.4) is 0 Å². The van der Waals surface area contributed by atoms with Gasteiger partial charge in [-0.1, -0.05) is 6.07 Å². The summed E-state index contributed by atoms with van der Waals surface area (Å²) in [7, 11) is 0. The zero-order valence-corrected chi connectivity index (χ0v) is 10.2. The highest BCUT2D eigenvalue weighted by molar-refractivity contribution is 6.25. The smallest absolute Gasteiger partial charge is 0.264 e. The molecule has 1 atom stereocenters. The number of carbonyl (C=O) groups is 4. The van der Waals surface area contributed by atoms with Gasteiger partial charge in [0, 0.05) is 14.8 Å². The van der Waals surface area contributed by atoms with Crippen LogP contribution in [-0.4, -0.2) is 34.6 Å². The number of nitrogens with zero attached hydrogens (tertiary/aromatic N) is 1. The molecule has 3 N–H and O–H groups in total. The molecule has 0 radical (unpaired) electrons. The summed E-state index contributed by atoms with van der Waals surface area (Å²) in [6, 6.07) is 2.60. The van der Waals surface area contributed by atoms with Gasteiger partial charge >= 0.3 is 0 Å². The Morgan fingerprint density at radius 2 is 2.00 bits per heavy atom. The number of amides is 4. The SMILES string of the molecule is [2H]C1([2H])CC(=O)NC(=O)C1N1C(=O)c2cccc(N)c2C1=O.